The molecule has 0 aliphatic heterocycles. The van der Waals surface area contributed by atoms with Crippen LogP contribution in [0.15, 0.2) is 24.4 Å². The topological polar surface area (TPSA) is 12.9 Å². The van der Waals surface area contributed by atoms with Crippen molar-refractivity contribution in [3.63, 3.8) is 0 Å². The molecule has 0 saturated heterocycles. The Balaban J connectivity index is 0.000000754. The third-order valence-electron chi connectivity index (χ3n) is 4.03. The maximum Gasteiger partial charge on any atom is 0.0403 e. The minimum Gasteiger partial charge on any atom is -0.261 e. The van der Waals surface area contributed by atoms with Crippen LogP contribution in [0, 0.1) is 0 Å². The Hall–Kier alpha value is -0.270. The average molecular weight is 374 g/mol. The lowest BCUT2D eigenvalue weighted by Crippen LogP contribution is -1.89. The Kier molecular flexibility index (Phi) is 20.5. The molecule has 1 aromatic heterocycles. The molecular weight excluding hydrogens is 337 g/mol. The van der Waals surface area contributed by atoms with Gasteiger partial charge in [-0.25, -0.2) is 0 Å². The Morgan fingerprint density at radius 3 is 1.71 bits per heavy atom. The fourth-order valence-electron chi connectivity index (χ4n) is 2.53. The van der Waals surface area contributed by atoms with E-state index >= 15 is 0 Å². The number of rotatable bonds is 14. The molecule has 3 heteroatoms. The largest absolute Gasteiger partial charge is 0.261 e. The van der Waals surface area contributed by atoms with E-state index in [9.17, 15) is 0 Å². The number of nitrogens with zero attached hydrogens (tertiary/aromatic N) is 1. The molecule has 0 bridgehead atoms. The number of unbranched alkanes of at least 4 members (excludes halogenated alkanes) is 10. The summed E-state index contributed by atoms with van der Waals surface area (Å²) in [6.07, 6.45) is 19.2. The van der Waals surface area contributed by atoms with Gasteiger partial charge in [-0.15, -0.1) is 23.2 Å². The van der Waals surface area contributed by atoms with Gasteiger partial charge in [-0.1, -0.05) is 70.8 Å². The summed E-state index contributed by atoms with van der Waals surface area (Å²) >= 11 is 10.6. The van der Waals surface area contributed by atoms with Gasteiger partial charge in [-0.05, 0) is 37.8 Å². The maximum absolute atomic E-state index is 5.32. The quantitative estimate of drug-likeness (QED) is 0.239. The first-order valence-corrected chi connectivity index (χ1v) is 10.9. The van der Waals surface area contributed by atoms with E-state index in [2.05, 4.69) is 24.0 Å². The number of pyridine rings is 1. The second-order valence-corrected chi connectivity index (χ2v) is 7.09. The van der Waals surface area contributed by atoms with Gasteiger partial charge in [0, 0.05) is 23.7 Å². The van der Waals surface area contributed by atoms with Crippen LogP contribution in [-0.4, -0.2) is 16.7 Å². The minimum absolute atomic E-state index is 0.743. The van der Waals surface area contributed by atoms with Gasteiger partial charge in [0.25, 0.3) is 0 Å². The summed E-state index contributed by atoms with van der Waals surface area (Å²) in [6, 6.07) is 6.20. The average Bonchev–Trinajstić information content (AvgIpc) is 2.63. The molecule has 1 heterocycles. The molecule has 1 aromatic rings. The fraction of sp³-hybridized carbons (Fsp3) is 0.762. The summed E-state index contributed by atoms with van der Waals surface area (Å²) in [4.78, 5) is 4.35. The van der Waals surface area contributed by atoms with Crippen molar-refractivity contribution in [2.75, 3.05) is 11.8 Å². The fourth-order valence-corrected chi connectivity index (χ4v) is 2.91. The number of aromatic nitrogens is 1. The van der Waals surface area contributed by atoms with E-state index in [0.717, 1.165) is 31.0 Å². The normalized spacial score (nSPS) is 10.3. The van der Waals surface area contributed by atoms with Crippen molar-refractivity contribution in [2.45, 2.75) is 90.4 Å². The van der Waals surface area contributed by atoms with Crippen molar-refractivity contribution in [3.05, 3.63) is 30.1 Å². The number of halogens is 2. The molecule has 1 nitrogen and oxygen atoms in total. The van der Waals surface area contributed by atoms with Gasteiger partial charge in [0.2, 0.25) is 0 Å². The van der Waals surface area contributed by atoms with Gasteiger partial charge >= 0.3 is 0 Å². The van der Waals surface area contributed by atoms with E-state index in [1.807, 2.05) is 12.3 Å². The lowest BCUT2D eigenvalue weighted by atomic mass is 10.1. The van der Waals surface area contributed by atoms with Crippen LogP contribution in [0.4, 0.5) is 0 Å². The summed E-state index contributed by atoms with van der Waals surface area (Å²) in [5.74, 6) is 1.49. The van der Waals surface area contributed by atoms with Crippen LogP contribution in [0.25, 0.3) is 0 Å². The van der Waals surface area contributed by atoms with Gasteiger partial charge < -0.3 is 0 Å². The molecule has 1 rings (SSSR count). The van der Waals surface area contributed by atoms with Crippen LogP contribution in [0.3, 0.4) is 0 Å². The molecule has 0 N–H and O–H groups in total. The van der Waals surface area contributed by atoms with Crippen molar-refractivity contribution in [1.29, 1.82) is 0 Å². The van der Waals surface area contributed by atoms with Crippen molar-refractivity contribution < 1.29 is 0 Å². The van der Waals surface area contributed by atoms with Gasteiger partial charge in [-0.2, -0.15) is 0 Å². The monoisotopic (exact) mass is 373 g/mol. The molecule has 0 saturated carbocycles. The zero-order valence-electron chi connectivity index (χ0n) is 15.6. The summed E-state index contributed by atoms with van der Waals surface area (Å²) in [7, 11) is 0. The molecule has 0 aliphatic carbocycles. The number of aryl methyl sites for hydroxylation is 1. The van der Waals surface area contributed by atoms with Gasteiger partial charge in [0.15, 0.2) is 0 Å². The number of hydrogen-bond donors (Lipinski definition) is 0. The molecule has 140 valence electrons. The molecule has 0 unspecified atom stereocenters. The zero-order chi connectivity index (χ0) is 17.7. The molecule has 0 spiro atoms. The maximum atomic E-state index is 5.32. The molecule has 0 atom stereocenters. The predicted molar refractivity (Wildman–Crippen MR) is 110 cm³/mol. The lowest BCUT2D eigenvalue weighted by molar-refractivity contribution is 0.555. The Morgan fingerprint density at radius 1 is 0.708 bits per heavy atom. The van der Waals surface area contributed by atoms with E-state index in [4.69, 9.17) is 23.2 Å². The number of alkyl halides is 2. The highest BCUT2D eigenvalue weighted by atomic mass is 35.5. The SMILES string of the molecule is CCCCCCCCCCCCc1ccccn1.ClCCCCCl. The Bertz CT molecular complexity index is 326. The van der Waals surface area contributed by atoms with Crippen LogP contribution in [0.2, 0.25) is 0 Å². The molecule has 0 fully saturated rings. The first-order chi connectivity index (χ1) is 11.8. The molecule has 0 radical (unpaired) electrons. The van der Waals surface area contributed by atoms with E-state index in [1.54, 1.807) is 0 Å². The first kappa shape index (κ1) is 23.7. The first-order valence-electron chi connectivity index (χ1n) is 9.87. The lowest BCUT2D eigenvalue weighted by Gasteiger charge is -2.02. The van der Waals surface area contributed by atoms with Crippen molar-refractivity contribution in [2.24, 2.45) is 0 Å². The third kappa shape index (κ3) is 18.1. The van der Waals surface area contributed by atoms with Crippen molar-refractivity contribution >= 4 is 23.2 Å². The van der Waals surface area contributed by atoms with Gasteiger partial charge in [0.05, 0.1) is 0 Å². The van der Waals surface area contributed by atoms with Crippen LogP contribution < -0.4 is 0 Å². The highest BCUT2D eigenvalue weighted by Gasteiger charge is 1.95. The van der Waals surface area contributed by atoms with Crippen LogP contribution in [0.1, 0.15) is 89.7 Å². The minimum atomic E-state index is 0.743. The highest BCUT2D eigenvalue weighted by Crippen LogP contribution is 2.11. The summed E-state index contributed by atoms with van der Waals surface area (Å²) in [5, 5.41) is 0. The van der Waals surface area contributed by atoms with Gasteiger partial charge in [0.1, 0.15) is 0 Å². The standard InChI is InChI=1S/C17H29N.C4H8Cl2/c1-2-3-4-5-6-7-8-9-10-11-14-17-15-12-13-16-18-17;5-3-1-2-4-6/h12-13,15-16H,2-11,14H2,1H3;1-4H2. The van der Waals surface area contributed by atoms with E-state index in [-0.39, 0.29) is 0 Å². The van der Waals surface area contributed by atoms with E-state index in [0.29, 0.717) is 0 Å². The highest BCUT2D eigenvalue weighted by molar-refractivity contribution is 6.18. The van der Waals surface area contributed by atoms with Crippen molar-refractivity contribution in [3.8, 4) is 0 Å². The zero-order valence-corrected chi connectivity index (χ0v) is 17.1. The molecule has 0 aliphatic rings. The second kappa shape index (κ2) is 20.8. The Morgan fingerprint density at radius 2 is 1.25 bits per heavy atom. The molecule has 0 aromatic carbocycles. The smallest absolute Gasteiger partial charge is 0.0403 e. The summed E-state index contributed by atoms with van der Waals surface area (Å²) in [5.41, 5.74) is 1.25. The van der Waals surface area contributed by atoms with Gasteiger partial charge in [-0.3, -0.25) is 4.98 Å². The Labute approximate surface area is 160 Å². The summed E-state index contributed by atoms with van der Waals surface area (Å²) < 4.78 is 0. The molecular formula is C21H37Cl2N. The molecule has 24 heavy (non-hydrogen) atoms. The van der Waals surface area contributed by atoms with Crippen LogP contribution >= 0.6 is 23.2 Å². The number of hydrogen-bond acceptors (Lipinski definition) is 1. The van der Waals surface area contributed by atoms with Crippen LogP contribution in [0.5, 0.6) is 0 Å². The third-order valence-corrected chi connectivity index (χ3v) is 4.56. The van der Waals surface area contributed by atoms with Crippen molar-refractivity contribution in [1.82, 2.24) is 4.98 Å². The van der Waals surface area contributed by atoms with Crippen LogP contribution in [-0.2, 0) is 6.42 Å². The van der Waals surface area contributed by atoms with E-state index < -0.39 is 0 Å². The molecule has 0 amide bonds. The summed E-state index contributed by atoms with van der Waals surface area (Å²) in [6.45, 7) is 2.28. The van der Waals surface area contributed by atoms with E-state index in [1.165, 1.54) is 69.9 Å². The second-order valence-electron chi connectivity index (χ2n) is 6.34. The predicted octanol–water partition coefficient (Wildman–Crippen LogP) is 7.79.